The Balaban J connectivity index is 1.91. The van der Waals surface area contributed by atoms with Crippen molar-refractivity contribution in [3.8, 4) is 0 Å². The molecule has 0 bridgehead atoms. The van der Waals surface area contributed by atoms with E-state index < -0.39 is 10.0 Å². The Morgan fingerprint density at radius 1 is 1.17 bits per heavy atom. The molecule has 1 aliphatic rings. The highest BCUT2D eigenvalue weighted by molar-refractivity contribution is 7.89. The minimum absolute atomic E-state index is 0.0727. The predicted octanol–water partition coefficient (Wildman–Crippen LogP) is 2.28. The largest absolute Gasteiger partial charge is 0.348 e. The predicted molar refractivity (Wildman–Crippen MR) is 116 cm³/mol. The van der Waals surface area contributed by atoms with Crippen molar-refractivity contribution in [3.05, 3.63) is 29.8 Å². The summed E-state index contributed by atoms with van der Waals surface area (Å²) in [4.78, 5) is 12.7. The normalized spacial score (nSPS) is 23.7. The summed E-state index contributed by atoms with van der Waals surface area (Å²) in [5.74, 6) is 1.25. The molecular formula is C22H38N3O3S+. The molecule has 7 heteroatoms. The lowest BCUT2D eigenvalue weighted by Gasteiger charge is -2.34. The summed E-state index contributed by atoms with van der Waals surface area (Å²) >= 11 is 0. The Bertz CT molecular complexity index is 760. The van der Waals surface area contributed by atoms with Gasteiger partial charge in [0.15, 0.2) is 6.54 Å². The first kappa shape index (κ1) is 23.8. The number of nitrogens with zero attached hydrogens (tertiary/aromatic N) is 1. The van der Waals surface area contributed by atoms with Crippen molar-refractivity contribution in [1.82, 2.24) is 9.62 Å². The second kappa shape index (κ2) is 10.5. The number of nitrogens with one attached hydrogen (secondary N) is 1. The van der Waals surface area contributed by atoms with Gasteiger partial charge in [-0.2, -0.15) is 4.31 Å². The van der Waals surface area contributed by atoms with E-state index in [1.807, 2.05) is 38.2 Å². The molecule has 1 aliphatic carbocycles. The summed E-state index contributed by atoms with van der Waals surface area (Å²) in [6.07, 6.45) is 3.49. The van der Waals surface area contributed by atoms with Crippen LogP contribution in [0.15, 0.2) is 29.2 Å². The molecule has 3 N–H and O–H groups in total. The summed E-state index contributed by atoms with van der Waals surface area (Å²) in [6.45, 7) is 11.5. The van der Waals surface area contributed by atoms with Crippen molar-refractivity contribution in [2.24, 2.45) is 11.8 Å². The van der Waals surface area contributed by atoms with Crippen molar-refractivity contribution in [1.29, 1.82) is 0 Å². The second-order valence-electron chi connectivity index (χ2n) is 8.33. The van der Waals surface area contributed by atoms with E-state index in [1.165, 1.54) is 17.1 Å². The van der Waals surface area contributed by atoms with Crippen molar-refractivity contribution in [3.63, 3.8) is 0 Å². The van der Waals surface area contributed by atoms with E-state index in [9.17, 15) is 13.2 Å². The molecule has 164 valence electrons. The van der Waals surface area contributed by atoms with Crippen LogP contribution in [0.2, 0.25) is 0 Å². The van der Waals surface area contributed by atoms with Gasteiger partial charge in [0, 0.05) is 24.7 Å². The minimum atomic E-state index is -3.44. The number of carbonyl (C=O) groups is 1. The summed E-state index contributed by atoms with van der Waals surface area (Å²) in [7, 11) is -3.44. The van der Waals surface area contributed by atoms with Gasteiger partial charge in [0.05, 0.1) is 4.90 Å². The van der Waals surface area contributed by atoms with Gasteiger partial charge in [0.25, 0.3) is 5.91 Å². The van der Waals surface area contributed by atoms with Crippen LogP contribution in [0, 0.1) is 11.8 Å². The summed E-state index contributed by atoms with van der Waals surface area (Å²) in [6, 6.07) is 7.38. The van der Waals surface area contributed by atoms with Gasteiger partial charge in [-0.3, -0.25) is 4.79 Å². The van der Waals surface area contributed by atoms with Crippen LogP contribution in [0.1, 0.15) is 65.5 Å². The number of benzene rings is 1. The van der Waals surface area contributed by atoms with Gasteiger partial charge < -0.3 is 10.6 Å². The zero-order valence-corrected chi connectivity index (χ0v) is 19.3. The Labute approximate surface area is 176 Å². The van der Waals surface area contributed by atoms with E-state index in [0.29, 0.717) is 36.4 Å². The highest BCUT2D eigenvalue weighted by atomic mass is 32.2. The lowest BCUT2D eigenvalue weighted by Crippen LogP contribution is -2.87. The van der Waals surface area contributed by atoms with Gasteiger partial charge in [-0.25, -0.2) is 8.42 Å². The maximum Gasteiger partial charge on any atom is 0.275 e. The summed E-state index contributed by atoms with van der Waals surface area (Å²) in [5, 5.41) is 5.21. The fourth-order valence-electron chi connectivity index (χ4n) is 4.13. The first-order valence-corrected chi connectivity index (χ1v) is 12.4. The maximum atomic E-state index is 12.6. The Hall–Kier alpha value is -1.44. The highest BCUT2D eigenvalue weighted by Gasteiger charge is 2.28. The number of hydrogen-bond donors (Lipinski definition) is 2. The van der Waals surface area contributed by atoms with E-state index >= 15 is 0 Å². The number of rotatable bonds is 9. The van der Waals surface area contributed by atoms with Gasteiger partial charge in [-0.15, -0.1) is 0 Å². The molecule has 0 aromatic heterocycles. The third-order valence-corrected chi connectivity index (χ3v) is 8.52. The Morgan fingerprint density at radius 2 is 1.79 bits per heavy atom. The number of amides is 1. The fraction of sp³-hybridized carbons (Fsp3) is 0.682. The Morgan fingerprint density at radius 3 is 2.38 bits per heavy atom. The van der Waals surface area contributed by atoms with Crippen LogP contribution in [0.4, 0.5) is 0 Å². The smallest absolute Gasteiger partial charge is 0.275 e. The first-order chi connectivity index (χ1) is 13.7. The van der Waals surface area contributed by atoms with E-state index in [2.05, 4.69) is 19.2 Å². The van der Waals surface area contributed by atoms with Crippen molar-refractivity contribution < 1.29 is 18.5 Å². The molecule has 1 amide bonds. The lowest BCUT2D eigenvalue weighted by atomic mass is 9.78. The molecule has 2 rings (SSSR count). The van der Waals surface area contributed by atoms with Crippen LogP contribution in [-0.4, -0.2) is 44.3 Å². The van der Waals surface area contributed by atoms with Crippen LogP contribution in [0.3, 0.4) is 0 Å². The fourth-order valence-corrected chi connectivity index (χ4v) is 5.59. The maximum absolute atomic E-state index is 12.6. The molecule has 0 aliphatic heterocycles. The van der Waals surface area contributed by atoms with Crippen LogP contribution in [0.5, 0.6) is 0 Å². The molecule has 0 unspecified atom stereocenters. The highest BCUT2D eigenvalue weighted by Crippen LogP contribution is 2.29. The first-order valence-electron chi connectivity index (χ1n) is 10.9. The van der Waals surface area contributed by atoms with E-state index in [-0.39, 0.29) is 18.0 Å². The third-order valence-electron chi connectivity index (χ3n) is 6.46. The molecule has 0 saturated heterocycles. The topological polar surface area (TPSA) is 83.1 Å². The molecule has 1 aromatic rings. The molecule has 0 heterocycles. The SMILES string of the molecule is CCN(CC)S(=O)(=O)c1ccc([C@H](C)[NH2+]CC(=O)N[C@@H]2CCC[C@H](C)[C@@H]2C)cc1. The van der Waals surface area contributed by atoms with Crippen molar-refractivity contribution >= 4 is 15.9 Å². The van der Waals surface area contributed by atoms with Crippen LogP contribution in [0.25, 0.3) is 0 Å². The van der Waals surface area contributed by atoms with Crippen molar-refractivity contribution in [2.75, 3.05) is 19.6 Å². The number of carbonyl (C=O) groups excluding carboxylic acids is 1. The summed E-state index contributed by atoms with van der Waals surface area (Å²) in [5.41, 5.74) is 1.01. The van der Waals surface area contributed by atoms with Gasteiger partial charge in [0.1, 0.15) is 6.04 Å². The van der Waals surface area contributed by atoms with E-state index in [0.717, 1.165) is 12.0 Å². The zero-order valence-electron chi connectivity index (χ0n) is 18.5. The monoisotopic (exact) mass is 424 g/mol. The summed E-state index contributed by atoms with van der Waals surface area (Å²) < 4.78 is 26.6. The van der Waals surface area contributed by atoms with Crippen molar-refractivity contribution in [2.45, 2.75) is 70.9 Å². The molecule has 1 aromatic carbocycles. The number of nitrogens with two attached hydrogens (primary N) is 1. The number of quaternary nitrogens is 1. The zero-order chi connectivity index (χ0) is 21.6. The average Bonchev–Trinajstić information content (AvgIpc) is 2.70. The molecule has 6 nitrogen and oxygen atoms in total. The van der Waals surface area contributed by atoms with Crippen LogP contribution >= 0.6 is 0 Å². The molecule has 1 saturated carbocycles. The van der Waals surface area contributed by atoms with Crippen LogP contribution in [-0.2, 0) is 14.8 Å². The standard InChI is InChI=1S/C22H37N3O3S/c1-6-25(7-2)29(27,28)20-13-11-19(12-14-20)18(5)23-15-22(26)24-21-10-8-9-16(3)17(21)4/h11-14,16-18,21,23H,6-10,15H2,1-5H3,(H,24,26)/p+1/t16-,17-,18-,21+/m0/s1. The molecule has 0 radical (unpaired) electrons. The van der Waals surface area contributed by atoms with E-state index in [1.54, 1.807) is 12.1 Å². The molecule has 1 fully saturated rings. The number of hydrogen-bond acceptors (Lipinski definition) is 3. The van der Waals surface area contributed by atoms with Crippen LogP contribution < -0.4 is 10.6 Å². The van der Waals surface area contributed by atoms with E-state index in [4.69, 9.17) is 0 Å². The molecule has 29 heavy (non-hydrogen) atoms. The lowest BCUT2D eigenvalue weighted by molar-refractivity contribution is -0.682. The second-order valence-corrected chi connectivity index (χ2v) is 10.3. The van der Waals surface area contributed by atoms with Gasteiger partial charge in [-0.1, -0.05) is 52.7 Å². The molecular weight excluding hydrogens is 386 g/mol. The average molecular weight is 425 g/mol. The molecule has 0 spiro atoms. The number of sulfonamides is 1. The van der Waals surface area contributed by atoms with Gasteiger partial charge >= 0.3 is 0 Å². The quantitative estimate of drug-likeness (QED) is 0.638. The van der Waals surface area contributed by atoms with Gasteiger partial charge in [-0.05, 0) is 37.3 Å². The Kier molecular flexibility index (Phi) is 8.67. The molecule has 4 atom stereocenters. The van der Waals surface area contributed by atoms with Gasteiger partial charge in [0.2, 0.25) is 10.0 Å². The third kappa shape index (κ3) is 6.03. The minimum Gasteiger partial charge on any atom is -0.348 e.